The Hall–Kier alpha value is -2.53. The molecule has 0 aromatic heterocycles. The molecule has 9 atom stereocenters. The summed E-state index contributed by atoms with van der Waals surface area (Å²) >= 11 is 0. The van der Waals surface area contributed by atoms with Crippen LogP contribution in [0.15, 0.2) is 48.5 Å². The lowest BCUT2D eigenvalue weighted by atomic mass is 9.45. The number of carbonyl (C=O) groups excluding carboxylic acids is 1. The molecule has 1 unspecified atom stereocenters. The number of ether oxygens (including phenoxy) is 1. The van der Waals surface area contributed by atoms with Gasteiger partial charge in [0.05, 0.1) is 25.9 Å². The highest BCUT2D eigenvalue weighted by Gasteiger charge is 2.57. The standard InChI is InChI=1S/C42H66N4O5/c1-10-50-37-17-12-11-16-32(37)24-45(34(18-27(2)3)25-44(8)9)22-30-14-13-15-31(19-30)23-46-40(39(29(5)48)38(26-47)51-46)41(49)43-36-21-33-20-35(28(36)4)42(33,6)7/h11-17,19,27-29,33-36,38-40,47-48H,10,18,20-26H2,1-9H3,(H,43,49)/t28-,29-,33+,34-,35-,36-,38-,39?,40-/m0/s1. The molecule has 3 saturated carbocycles. The van der Waals surface area contributed by atoms with Crippen LogP contribution < -0.4 is 10.1 Å². The third kappa shape index (κ3) is 9.17. The fourth-order valence-corrected chi connectivity index (χ4v) is 9.49. The topological polar surface area (TPSA) is 97.7 Å². The average Bonchev–Trinajstić information content (AvgIpc) is 3.44. The maximum Gasteiger partial charge on any atom is 0.240 e. The summed E-state index contributed by atoms with van der Waals surface area (Å²) in [7, 11) is 4.28. The molecule has 2 aromatic rings. The summed E-state index contributed by atoms with van der Waals surface area (Å²) in [6.07, 6.45) is 1.79. The van der Waals surface area contributed by atoms with Gasteiger partial charge in [-0.3, -0.25) is 14.5 Å². The molecule has 1 aliphatic heterocycles. The van der Waals surface area contributed by atoms with E-state index < -0.39 is 24.2 Å². The van der Waals surface area contributed by atoms with Crippen LogP contribution in [-0.4, -0.2) is 95.2 Å². The number of nitrogens with one attached hydrogen (secondary N) is 1. The Kier molecular flexibility index (Phi) is 13.3. The van der Waals surface area contributed by atoms with Crippen LogP contribution in [0.3, 0.4) is 0 Å². The number of benzene rings is 2. The lowest BCUT2D eigenvalue weighted by Gasteiger charge is -2.62. The summed E-state index contributed by atoms with van der Waals surface area (Å²) in [5, 5.41) is 26.3. The van der Waals surface area contributed by atoms with Gasteiger partial charge in [0.1, 0.15) is 17.9 Å². The summed E-state index contributed by atoms with van der Waals surface area (Å²) in [6, 6.07) is 16.6. The van der Waals surface area contributed by atoms with Crippen molar-refractivity contribution in [3.8, 4) is 5.75 Å². The van der Waals surface area contributed by atoms with Crippen LogP contribution in [0.5, 0.6) is 5.75 Å². The van der Waals surface area contributed by atoms with Crippen LogP contribution in [0.2, 0.25) is 0 Å². The molecular weight excluding hydrogens is 640 g/mol. The number of nitrogens with zero attached hydrogens (tertiary/aromatic N) is 3. The molecule has 9 nitrogen and oxygen atoms in total. The van der Waals surface area contributed by atoms with Crippen molar-refractivity contribution < 1.29 is 24.6 Å². The number of likely N-dealkylation sites (N-methyl/N-ethyl adjacent to an activating group) is 1. The van der Waals surface area contributed by atoms with Crippen molar-refractivity contribution in [3.63, 3.8) is 0 Å². The van der Waals surface area contributed by atoms with Crippen molar-refractivity contribution in [1.82, 2.24) is 20.2 Å². The number of rotatable bonds is 17. The van der Waals surface area contributed by atoms with Crippen LogP contribution in [0.25, 0.3) is 0 Å². The number of amides is 1. The van der Waals surface area contributed by atoms with Crippen molar-refractivity contribution >= 4 is 5.91 Å². The van der Waals surface area contributed by atoms with E-state index in [-0.39, 0.29) is 18.6 Å². The third-order valence-electron chi connectivity index (χ3n) is 12.3. The van der Waals surface area contributed by atoms with Gasteiger partial charge in [-0.1, -0.05) is 77.1 Å². The normalized spacial score (nSPS) is 28.5. The molecule has 9 heteroatoms. The molecule has 4 fully saturated rings. The summed E-state index contributed by atoms with van der Waals surface area (Å²) in [4.78, 5) is 25.3. The molecule has 1 heterocycles. The van der Waals surface area contributed by atoms with Crippen molar-refractivity contribution in [2.24, 2.45) is 35.0 Å². The number of hydrogen-bond donors (Lipinski definition) is 3. The molecule has 0 spiro atoms. The first kappa shape index (κ1) is 39.7. The minimum absolute atomic E-state index is 0.0991. The number of aliphatic hydroxyl groups is 2. The number of carbonyl (C=O) groups is 1. The molecule has 6 rings (SSSR count). The second kappa shape index (κ2) is 17.1. The number of fused-ring (bicyclic) bond motifs is 2. The van der Waals surface area contributed by atoms with Crippen molar-refractivity contribution in [1.29, 1.82) is 0 Å². The Morgan fingerprint density at radius 1 is 1.08 bits per heavy atom. The van der Waals surface area contributed by atoms with Gasteiger partial charge in [0.25, 0.3) is 0 Å². The van der Waals surface area contributed by atoms with Gasteiger partial charge in [-0.15, -0.1) is 0 Å². The highest BCUT2D eigenvalue weighted by atomic mass is 16.7. The third-order valence-corrected chi connectivity index (χ3v) is 12.3. The maximum atomic E-state index is 14.2. The van der Waals surface area contributed by atoms with E-state index in [2.05, 4.69) is 106 Å². The molecule has 0 radical (unpaired) electrons. The molecular formula is C42H66N4O5. The number of hydrogen-bond acceptors (Lipinski definition) is 8. The van der Waals surface area contributed by atoms with E-state index in [1.54, 1.807) is 12.0 Å². The first-order valence-electron chi connectivity index (χ1n) is 19.4. The summed E-state index contributed by atoms with van der Waals surface area (Å²) in [6.45, 7) is 18.5. The van der Waals surface area contributed by atoms with E-state index in [0.717, 1.165) is 43.8 Å². The van der Waals surface area contributed by atoms with Crippen molar-refractivity contribution in [3.05, 3.63) is 65.2 Å². The van der Waals surface area contributed by atoms with Gasteiger partial charge in [0, 0.05) is 43.2 Å². The smallest absolute Gasteiger partial charge is 0.240 e. The fourth-order valence-electron chi connectivity index (χ4n) is 9.49. The molecule has 51 heavy (non-hydrogen) atoms. The zero-order chi connectivity index (χ0) is 37.0. The lowest BCUT2D eigenvalue weighted by molar-refractivity contribution is -0.183. The Morgan fingerprint density at radius 3 is 2.43 bits per heavy atom. The summed E-state index contributed by atoms with van der Waals surface area (Å²) in [5.41, 5.74) is 3.69. The van der Waals surface area contributed by atoms with E-state index in [1.807, 2.05) is 13.0 Å². The van der Waals surface area contributed by atoms with E-state index in [9.17, 15) is 15.0 Å². The Bertz CT molecular complexity index is 1420. The maximum absolute atomic E-state index is 14.2. The predicted octanol–water partition coefficient (Wildman–Crippen LogP) is 5.72. The van der Waals surface area contributed by atoms with Gasteiger partial charge in [0.2, 0.25) is 5.91 Å². The molecule has 2 aromatic carbocycles. The second-order valence-corrected chi connectivity index (χ2v) is 17.0. The van der Waals surface area contributed by atoms with Crippen LogP contribution in [0, 0.1) is 35.0 Å². The molecule has 2 bridgehead atoms. The number of para-hydroxylation sites is 1. The quantitative estimate of drug-likeness (QED) is 0.192. The molecule has 284 valence electrons. The van der Waals surface area contributed by atoms with Gasteiger partial charge in [-0.2, -0.15) is 5.06 Å². The van der Waals surface area contributed by atoms with E-state index in [0.29, 0.717) is 48.3 Å². The van der Waals surface area contributed by atoms with Crippen molar-refractivity contribution in [2.45, 2.75) is 118 Å². The predicted molar refractivity (Wildman–Crippen MR) is 203 cm³/mol. The largest absolute Gasteiger partial charge is 0.494 e. The van der Waals surface area contributed by atoms with Gasteiger partial charge < -0.3 is 25.2 Å². The first-order valence-corrected chi connectivity index (χ1v) is 19.4. The van der Waals surface area contributed by atoms with Crippen molar-refractivity contribution in [2.75, 3.05) is 33.9 Å². The lowest BCUT2D eigenvalue weighted by Crippen LogP contribution is -2.62. The highest BCUT2D eigenvalue weighted by molar-refractivity contribution is 5.82. The Labute approximate surface area is 307 Å². The minimum Gasteiger partial charge on any atom is -0.494 e. The SMILES string of the molecule is CCOc1ccccc1CN(Cc1cccc(CN2O[C@@H](CO)C([C@H](C)O)[C@H]2C(=O)N[C@H]2C[C@H]3C[C@@H]([C@@H]2C)C3(C)C)c1)[C@@H](CC(C)C)CN(C)C. The molecule has 3 aliphatic carbocycles. The van der Waals surface area contributed by atoms with E-state index in [4.69, 9.17) is 9.57 Å². The van der Waals surface area contributed by atoms with Crippen LogP contribution in [-0.2, 0) is 29.3 Å². The summed E-state index contributed by atoms with van der Waals surface area (Å²) < 4.78 is 6.04. The van der Waals surface area contributed by atoms with Crippen LogP contribution >= 0.6 is 0 Å². The van der Waals surface area contributed by atoms with Gasteiger partial charge >= 0.3 is 0 Å². The zero-order valence-electron chi connectivity index (χ0n) is 32.7. The highest BCUT2D eigenvalue weighted by Crippen LogP contribution is 2.61. The van der Waals surface area contributed by atoms with Crippen LogP contribution in [0.1, 0.15) is 84.4 Å². The molecule has 4 aliphatic rings. The first-order chi connectivity index (χ1) is 24.2. The Balaban J connectivity index is 1.37. The van der Waals surface area contributed by atoms with Gasteiger partial charge in [-0.25, -0.2) is 0 Å². The average molecular weight is 707 g/mol. The van der Waals surface area contributed by atoms with E-state index in [1.165, 1.54) is 17.5 Å². The van der Waals surface area contributed by atoms with E-state index >= 15 is 0 Å². The zero-order valence-corrected chi connectivity index (χ0v) is 32.7. The van der Waals surface area contributed by atoms with Gasteiger partial charge in [-0.05, 0) is 93.5 Å². The van der Waals surface area contributed by atoms with Crippen LogP contribution in [0.4, 0.5) is 0 Å². The molecule has 1 saturated heterocycles. The van der Waals surface area contributed by atoms with Gasteiger partial charge in [0.15, 0.2) is 0 Å². The number of hydroxylamine groups is 2. The molecule has 3 N–H and O–H groups in total. The number of aliphatic hydroxyl groups excluding tert-OH is 2. The minimum atomic E-state index is -0.826. The fraction of sp³-hybridized carbons (Fsp3) is 0.690. The second-order valence-electron chi connectivity index (χ2n) is 17.0. The Morgan fingerprint density at radius 2 is 1.80 bits per heavy atom. The monoisotopic (exact) mass is 707 g/mol. The molecule has 1 amide bonds. The summed E-state index contributed by atoms with van der Waals surface area (Å²) in [5.74, 6) is 2.40.